The number of carbonyl (C=O) groups excluding carboxylic acids is 1. The third-order valence-electron chi connectivity index (χ3n) is 3.72. The first-order chi connectivity index (χ1) is 9.57. The second-order valence-corrected chi connectivity index (χ2v) is 9.67. The van der Waals surface area contributed by atoms with Gasteiger partial charge in [-0.15, -0.1) is 0 Å². The summed E-state index contributed by atoms with van der Waals surface area (Å²) in [5, 5.41) is 2.96. The zero-order valence-electron chi connectivity index (χ0n) is 11.8. The Kier molecular flexibility index (Phi) is 4.71. The van der Waals surface area contributed by atoms with E-state index in [0.29, 0.717) is 4.47 Å². The predicted octanol–water partition coefficient (Wildman–Crippen LogP) is 3.69. The number of rotatable bonds is 3. The fourth-order valence-corrected chi connectivity index (χ4v) is 4.11. The molecule has 116 valence electrons. The quantitative estimate of drug-likeness (QED) is 0.795. The maximum atomic E-state index is 12.3. The number of carbonyl (C=O) groups is 1. The van der Waals surface area contributed by atoms with E-state index in [1.165, 1.54) is 12.1 Å². The van der Waals surface area contributed by atoms with Crippen LogP contribution in [0.1, 0.15) is 43.5 Å². The smallest absolute Gasteiger partial charge is 0.261 e. The minimum Gasteiger partial charge on any atom is -0.349 e. The summed E-state index contributed by atoms with van der Waals surface area (Å²) >= 11 is 3.20. The van der Waals surface area contributed by atoms with Gasteiger partial charge in [0, 0.05) is 26.8 Å². The SMILES string of the molecule is CC1(C)CCC(NC(=O)c2cc(Br)cc(S(=O)(=O)Cl)c2)C1. The summed E-state index contributed by atoms with van der Waals surface area (Å²) in [5.41, 5.74) is 0.521. The van der Waals surface area contributed by atoms with Gasteiger partial charge in [0.1, 0.15) is 0 Å². The summed E-state index contributed by atoms with van der Waals surface area (Å²) in [5.74, 6) is -0.277. The summed E-state index contributed by atoms with van der Waals surface area (Å²) in [6.45, 7) is 4.35. The Morgan fingerprint density at radius 3 is 2.57 bits per heavy atom. The molecule has 0 bridgehead atoms. The van der Waals surface area contributed by atoms with Gasteiger partial charge in [-0.2, -0.15) is 0 Å². The van der Waals surface area contributed by atoms with Crippen LogP contribution in [0.3, 0.4) is 0 Å². The van der Waals surface area contributed by atoms with Crippen LogP contribution in [0.4, 0.5) is 0 Å². The topological polar surface area (TPSA) is 63.2 Å². The number of benzene rings is 1. The molecule has 1 aromatic rings. The minimum atomic E-state index is -3.86. The van der Waals surface area contributed by atoms with Crippen molar-refractivity contribution in [2.24, 2.45) is 5.41 Å². The summed E-state index contributed by atoms with van der Waals surface area (Å²) in [6.07, 6.45) is 2.93. The van der Waals surface area contributed by atoms with Crippen molar-refractivity contribution in [2.45, 2.75) is 44.0 Å². The maximum absolute atomic E-state index is 12.3. The van der Waals surface area contributed by atoms with Gasteiger partial charge in [-0.05, 0) is 42.9 Å². The van der Waals surface area contributed by atoms with Crippen LogP contribution in [0.2, 0.25) is 0 Å². The van der Waals surface area contributed by atoms with Crippen molar-refractivity contribution in [3.05, 3.63) is 28.2 Å². The van der Waals surface area contributed by atoms with E-state index in [1.54, 1.807) is 6.07 Å². The Hall–Kier alpha value is -0.590. The molecule has 1 amide bonds. The van der Waals surface area contributed by atoms with E-state index < -0.39 is 9.05 Å². The van der Waals surface area contributed by atoms with Gasteiger partial charge in [0.15, 0.2) is 0 Å². The first-order valence-corrected chi connectivity index (χ1v) is 9.73. The number of halogens is 2. The molecular formula is C14H17BrClNO3S. The van der Waals surface area contributed by atoms with Crippen molar-refractivity contribution >= 4 is 41.6 Å². The largest absolute Gasteiger partial charge is 0.349 e. The molecule has 2 rings (SSSR count). The van der Waals surface area contributed by atoms with Gasteiger partial charge in [0.25, 0.3) is 15.0 Å². The standard InChI is InChI=1S/C14H17BrClNO3S/c1-14(2)4-3-11(8-14)17-13(18)9-5-10(15)7-12(6-9)21(16,19)20/h5-7,11H,3-4,8H2,1-2H3,(H,17,18). The molecule has 7 heteroatoms. The van der Waals surface area contributed by atoms with Gasteiger partial charge in [-0.1, -0.05) is 29.8 Å². The average molecular weight is 395 g/mol. The molecule has 0 aliphatic heterocycles. The van der Waals surface area contributed by atoms with E-state index in [4.69, 9.17) is 10.7 Å². The Labute approximate surface area is 137 Å². The fourth-order valence-electron chi connectivity index (χ4n) is 2.66. The number of nitrogens with one attached hydrogen (secondary N) is 1. The highest BCUT2D eigenvalue weighted by molar-refractivity contribution is 9.10. The second-order valence-electron chi connectivity index (χ2n) is 6.19. The molecular weight excluding hydrogens is 378 g/mol. The summed E-state index contributed by atoms with van der Waals surface area (Å²) in [6, 6.07) is 4.38. The zero-order valence-corrected chi connectivity index (χ0v) is 15.0. The van der Waals surface area contributed by atoms with Crippen molar-refractivity contribution in [1.29, 1.82) is 0 Å². The van der Waals surface area contributed by atoms with Crippen LogP contribution in [0.5, 0.6) is 0 Å². The zero-order chi connectivity index (χ0) is 15.8. The molecule has 0 spiro atoms. The Balaban J connectivity index is 2.18. The molecule has 1 aliphatic carbocycles. The van der Waals surface area contributed by atoms with Crippen LogP contribution < -0.4 is 5.32 Å². The van der Waals surface area contributed by atoms with Crippen molar-refractivity contribution < 1.29 is 13.2 Å². The van der Waals surface area contributed by atoms with E-state index in [9.17, 15) is 13.2 Å². The predicted molar refractivity (Wildman–Crippen MR) is 86.1 cm³/mol. The molecule has 1 N–H and O–H groups in total. The minimum absolute atomic E-state index is 0.0876. The molecule has 1 aromatic carbocycles. The van der Waals surface area contributed by atoms with Crippen LogP contribution in [0, 0.1) is 5.41 Å². The van der Waals surface area contributed by atoms with Crippen molar-refractivity contribution in [1.82, 2.24) is 5.32 Å². The van der Waals surface area contributed by atoms with Crippen LogP contribution in [-0.4, -0.2) is 20.4 Å². The van der Waals surface area contributed by atoms with Gasteiger partial charge in [0.2, 0.25) is 0 Å². The van der Waals surface area contributed by atoms with Gasteiger partial charge in [-0.3, -0.25) is 4.79 Å². The third-order valence-corrected chi connectivity index (χ3v) is 5.51. The average Bonchev–Trinajstić information content (AvgIpc) is 2.66. The lowest BCUT2D eigenvalue weighted by Gasteiger charge is -2.18. The number of hydrogen-bond acceptors (Lipinski definition) is 3. The van der Waals surface area contributed by atoms with Crippen molar-refractivity contribution in [3.8, 4) is 0 Å². The van der Waals surface area contributed by atoms with Crippen LogP contribution in [-0.2, 0) is 9.05 Å². The first-order valence-electron chi connectivity index (χ1n) is 6.63. The lowest BCUT2D eigenvalue weighted by molar-refractivity contribution is 0.0935. The molecule has 0 aromatic heterocycles. The van der Waals surface area contributed by atoms with E-state index >= 15 is 0 Å². The van der Waals surface area contributed by atoms with Crippen LogP contribution in [0.15, 0.2) is 27.6 Å². The van der Waals surface area contributed by atoms with E-state index in [-0.39, 0.29) is 27.8 Å². The Morgan fingerprint density at radius 2 is 2.05 bits per heavy atom. The lowest BCUT2D eigenvalue weighted by atomic mass is 9.92. The molecule has 0 radical (unpaired) electrons. The molecule has 4 nitrogen and oxygen atoms in total. The highest BCUT2D eigenvalue weighted by Crippen LogP contribution is 2.37. The van der Waals surface area contributed by atoms with E-state index in [2.05, 4.69) is 35.1 Å². The third kappa shape index (κ3) is 4.44. The summed E-state index contributed by atoms with van der Waals surface area (Å²) in [4.78, 5) is 12.2. The second kappa shape index (κ2) is 5.89. The normalized spacial score (nSPS) is 21.2. The van der Waals surface area contributed by atoms with Crippen LogP contribution in [0.25, 0.3) is 0 Å². The van der Waals surface area contributed by atoms with Gasteiger partial charge in [-0.25, -0.2) is 8.42 Å². The monoisotopic (exact) mass is 393 g/mol. The summed E-state index contributed by atoms with van der Waals surface area (Å²) < 4.78 is 23.3. The molecule has 1 unspecified atom stereocenters. The highest BCUT2D eigenvalue weighted by Gasteiger charge is 2.31. The first kappa shape index (κ1) is 16.8. The Morgan fingerprint density at radius 1 is 1.38 bits per heavy atom. The van der Waals surface area contributed by atoms with E-state index in [1.807, 2.05) is 0 Å². The fraction of sp³-hybridized carbons (Fsp3) is 0.500. The highest BCUT2D eigenvalue weighted by atomic mass is 79.9. The van der Waals surface area contributed by atoms with Crippen LogP contribution >= 0.6 is 26.6 Å². The molecule has 1 atom stereocenters. The molecule has 21 heavy (non-hydrogen) atoms. The molecule has 1 aliphatic rings. The molecule has 1 saturated carbocycles. The Bertz CT molecular complexity index is 673. The van der Waals surface area contributed by atoms with Crippen molar-refractivity contribution in [3.63, 3.8) is 0 Å². The number of hydrogen-bond donors (Lipinski definition) is 1. The van der Waals surface area contributed by atoms with E-state index in [0.717, 1.165) is 19.3 Å². The maximum Gasteiger partial charge on any atom is 0.261 e. The van der Waals surface area contributed by atoms with Gasteiger partial charge >= 0.3 is 0 Å². The molecule has 0 heterocycles. The number of amides is 1. The summed E-state index contributed by atoms with van der Waals surface area (Å²) in [7, 11) is 1.47. The van der Waals surface area contributed by atoms with Gasteiger partial charge < -0.3 is 5.32 Å². The molecule has 1 fully saturated rings. The van der Waals surface area contributed by atoms with Gasteiger partial charge in [0.05, 0.1) is 4.90 Å². The molecule has 0 saturated heterocycles. The lowest BCUT2D eigenvalue weighted by Crippen LogP contribution is -2.33. The van der Waals surface area contributed by atoms with Crippen molar-refractivity contribution in [2.75, 3.05) is 0 Å².